The van der Waals surface area contributed by atoms with E-state index in [-0.39, 0.29) is 5.97 Å². The van der Waals surface area contributed by atoms with E-state index in [0.717, 1.165) is 22.0 Å². The third-order valence-electron chi connectivity index (χ3n) is 2.07. The molecule has 0 saturated heterocycles. The van der Waals surface area contributed by atoms with Gasteiger partial charge in [0.1, 0.15) is 0 Å². The summed E-state index contributed by atoms with van der Waals surface area (Å²) in [6, 6.07) is 7.86. The standard InChI is InChI=1S/C12H13BrO2/c1-3-9(8-12(14)15-2)10-5-4-6-11(13)7-10/h4-8H,3H2,1-2H3/b9-8-. The molecule has 0 aliphatic rings. The van der Waals surface area contributed by atoms with Gasteiger partial charge in [-0.05, 0) is 29.7 Å². The van der Waals surface area contributed by atoms with Crippen LogP contribution in [0.15, 0.2) is 34.8 Å². The Balaban J connectivity index is 3.02. The molecule has 0 aromatic heterocycles. The van der Waals surface area contributed by atoms with Crippen LogP contribution in [0.5, 0.6) is 0 Å². The summed E-state index contributed by atoms with van der Waals surface area (Å²) < 4.78 is 5.61. The van der Waals surface area contributed by atoms with Gasteiger partial charge in [0.05, 0.1) is 7.11 Å². The SMILES string of the molecule is CC/C(=C/C(=O)OC)c1cccc(Br)c1. The van der Waals surface area contributed by atoms with Crippen molar-refractivity contribution in [2.24, 2.45) is 0 Å². The Morgan fingerprint density at radius 2 is 2.27 bits per heavy atom. The van der Waals surface area contributed by atoms with E-state index in [1.54, 1.807) is 0 Å². The largest absolute Gasteiger partial charge is 0.466 e. The number of hydrogen-bond acceptors (Lipinski definition) is 2. The Labute approximate surface area is 98.1 Å². The van der Waals surface area contributed by atoms with Gasteiger partial charge in [-0.2, -0.15) is 0 Å². The van der Waals surface area contributed by atoms with Gasteiger partial charge in [0, 0.05) is 10.5 Å². The van der Waals surface area contributed by atoms with Crippen LogP contribution in [0.4, 0.5) is 0 Å². The fraction of sp³-hybridized carbons (Fsp3) is 0.250. The van der Waals surface area contributed by atoms with E-state index in [2.05, 4.69) is 20.7 Å². The van der Waals surface area contributed by atoms with E-state index in [0.29, 0.717) is 0 Å². The van der Waals surface area contributed by atoms with Gasteiger partial charge in [0.15, 0.2) is 0 Å². The molecule has 0 atom stereocenters. The van der Waals surface area contributed by atoms with Crippen molar-refractivity contribution >= 4 is 27.5 Å². The van der Waals surface area contributed by atoms with Crippen LogP contribution in [0, 0.1) is 0 Å². The van der Waals surface area contributed by atoms with Crippen LogP contribution < -0.4 is 0 Å². The van der Waals surface area contributed by atoms with Crippen LogP contribution >= 0.6 is 15.9 Å². The molecule has 0 heterocycles. The smallest absolute Gasteiger partial charge is 0.330 e. The van der Waals surface area contributed by atoms with Crippen molar-refractivity contribution in [1.82, 2.24) is 0 Å². The lowest BCUT2D eigenvalue weighted by atomic mass is 10.0. The zero-order valence-corrected chi connectivity index (χ0v) is 10.4. The molecule has 0 aliphatic carbocycles. The van der Waals surface area contributed by atoms with E-state index in [1.807, 2.05) is 31.2 Å². The molecule has 1 aromatic rings. The number of benzene rings is 1. The van der Waals surface area contributed by atoms with Gasteiger partial charge in [0.2, 0.25) is 0 Å². The van der Waals surface area contributed by atoms with Gasteiger partial charge in [-0.25, -0.2) is 4.79 Å². The number of carbonyl (C=O) groups excluding carboxylic acids is 1. The van der Waals surface area contributed by atoms with Gasteiger partial charge in [-0.1, -0.05) is 35.0 Å². The van der Waals surface area contributed by atoms with E-state index in [9.17, 15) is 4.79 Å². The highest BCUT2D eigenvalue weighted by atomic mass is 79.9. The minimum absolute atomic E-state index is 0.313. The van der Waals surface area contributed by atoms with E-state index >= 15 is 0 Å². The molecule has 0 aliphatic heterocycles. The molecule has 0 N–H and O–H groups in total. The lowest BCUT2D eigenvalue weighted by Gasteiger charge is -2.04. The first kappa shape index (κ1) is 12.0. The molecule has 1 aromatic carbocycles. The topological polar surface area (TPSA) is 26.3 Å². The maximum atomic E-state index is 11.1. The molecular weight excluding hydrogens is 256 g/mol. The number of carbonyl (C=O) groups is 1. The number of halogens is 1. The van der Waals surface area contributed by atoms with Gasteiger partial charge < -0.3 is 4.74 Å². The molecule has 0 fully saturated rings. The highest BCUT2D eigenvalue weighted by Crippen LogP contribution is 2.21. The minimum Gasteiger partial charge on any atom is -0.466 e. The molecule has 0 unspecified atom stereocenters. The fourth-order valence-electron chi connectivity index (χ4n) is 1.28. The first-order chi connectivity index (χ1) is 7.17. The summed E-state index contributed by atoms with van der Waals surface area (Å²) >= 11 is 3.40. The average molecular weight is 269 g/mol. The number of allylic oxidation sites excluding steroid dienone is 1. The van der Waals surface area contributed by atoms with Crippen molar-refractivity contribution in [1.29, 1.82) is 0 Å². The number of rotatable bonds is 3. The third kappa shape index (κ3) is 3.51. The zero-order chi connectivity index (χ0) is 11.3. The molecule has 0 bridgehead atoms. The van der Waals surface area contributed by atoms with Crippen molar-refractivity contribution in [2.45, 2.75) is 13.3 Å². The summed E-state index contributed by atoms with van der Waals surface area (Å²) in [4.78, 5) is 11.1. The second-order valence-electron chi connectivity index (χ2n) is 3.06. The summed E-state index contributed by atoms with van der Waals surface area (Å²) in [7, 11) is 1.38. The Morgan fingerprint density at radius 1 is 1.53 bits per heavy atom. The second-order valence-corrected chi connectivity index (χ2v) is 3.97. The van der Waals surface area contributed by atoms with Crippen LogP contribution in [0.1, 0.15) is 18.9 Å². The summed E-state index contributed by atoms with van der Waals surface area (Å²) in [6.07, 6.45) is 2.33. The molecule has 80 valence electrons. The number of hydrogen-bond donors (Lipinski definition) is 0. The fourth-order valence-corrected chi connectivity index (χ4v) is 1.68. The summed E-state index contributed by atoms with van der Waals surface area (Å²) in [5, 5.41) is 0. The quantitative estimate of drug-likeness (QED) is 0.620. The van der Waals surface area contributed by atoms with Crippen molar-refractivity contribution in [3.8, 4) is 0 Å². The van der Waals surface area contributed by atoms with Crippen LogP contribution in [0.25, 0.3) is 5.57 Å². The Kier molecular flexibility index (Phi) is 4.56. The van der Waals surface area contributed by atoms with Crippen LogP contribution in [0.3, 0.4) is 0 Å². The van der Waals surface area contributed by atoms with Crippen molar-refractivity contribution in [3.05, 3.63) is 40.4 Å². The van der Waals surface area contributed by atoms with Crippen molar-refractivity contribution < 1.29 is 9.53 Å². The monoisotopic (exact) mass is 268 g/mol. The van der Waals surface area contributed by atoms with Gasteiger partial charge >= 0.3 is 5.97 Å². The molecule has 0 saturated carbocycles. The summed E-state index contributed by atoms with van der Waals surface area (Å²) in [5.74, 6) is -0.313. The minimum atomic E-state index is -0.313. The highest BCUT2D eigenvalue weighted by molar-refractivity contribution is 9.10. The van der Waals surface area contributed by atoms with Gasteiger partial charge in [0.25, 0.3) is 0 Å². The lowest BCUT2D eigenvalue weighted by molar-refractivity contribution is -0.134. The van der Waals surface area contributed by atoms with E-state index in [4.69, 9.17) is 0 Å². The van der Waals surface area contributed by atoms with E-state index < -0.39 is 0 Å². The summed E-state index contributed by atoms with van der Waals surface area (Å²) in [5.41, 5.74) is 2.01. The van der Waals surface area contributed by atoms with E-state index in [1.165, 1.54) is 13.2 Å². The third-order valence-corrected chi connectivity index (χ3v) is 2.56. The predicted octanol–water partition coefficient (Wildman–Crippen LogP) is 3.42. The predicted molar refractivity (Wildman–Crippen MR) is 64.4 cm³/mol. The Hall–Kier alpha value is -1.09. The average Bonchev–Trinajstić information content (AvgIpc) is 2.25. The normalized spacial score (nSPS) is 11.3. The number of esters is 1. The molecule has 0 spiro atoms. The second kappa shape index (κ2) is 5.71. The molecule has 0 amide bonds. The maximum absolute atomic E-state index is 11.1. The molecule has 3 heteroatoms. The maximum Gasteiger partial charge on any atom is 0.330 e. The number of methoxy groups -OCH3 is 1. The first-order valence-electron chi connectivity index (χ1n) is 4.71. The Bertz CT molecular complexity index is 383. The van der Waals surface area contributed by atoms with Crippen molar-refractivity contribution in [2.75, 3.05) is 7.11 Å². The molecular formula is C12H13BrO2. The molecule has 1 rings (SSSR count). The number of ether oxygens (including phenoxy) is 1. The van der Waals surface area contributed by atoms with Crippen LogP contribution in [-0.4, -0.2) is 13.1 Å². The first-order valence-corrected chi connectivity index (χ1v) is 5.51. The van der Waals surface area contributed by atoms with Crippen LogP contribution in [-0.2, 0) is 9.53 Å². The summed E-state index contributed by atoms with van der Waals surface area (Å²) in [6.45, 7) is 2.01. The molecule has 15 heavy (non-hydrogen) atoms. The van der Waals surface area contributed by atoms with Gasteiger partial charge in [-0.15, -0.1) is 0 Å². The van der Waals surface area contributed by atoms with Gasteiger partial charge in [-0.3, -0.25) is 0 Å². The molecule has 2 nitrogen and oxygen atoms in total. The van der Waals surface area contributed by atoms with Crippen molar-refractivity contribution in [3.63, 3.8) is 0 Å². The zero-order valence-electron chi connectivity index (χ0n) is 8.79. The molecule has 0 radical (unpaired) electrons. The highest BCUT2D eigenvalue weighted by Gasteiger charge is 2.03. The Morgan fingerprint density at radius 3 is 2.80 bits per heavy atom. The lowest BCUT2D eigenvalue weighted by Crippen LogP contribution is -1.96. The van der Waals surface area contributed by atoms with Crippen LogP contribution in [0.2, 0.25) is 0 Å².